The van der Waals surface area contributed by atoms with E-state index < -0.39 is 65.0 Å². The third kappa shape index (κ3) is 4.32. The summed E-state index contributed by atoms with van der Waals surface area (Å²) in [5.41, 5.74) is -1.05. The smallest absolute Gasteiger partial charge is 0.335 e. The summed E-state index contributed by atoms with van der Waals surface area (Å²) in [5.74, 6) is -1.92. The van der Waals surface area contributed by atoms with Crippen molar-refractivity contribution in [3.8, 4) is 0 Å². The van der Waals surface area contributed by atoms with Gasteiger partial charge >= 0.3 is 11.9 Å². The number of aliphatic hydroxyl groups is 3. The SMILES string of the molecule is CC1(C)CC[C@]2(C(=O)O)CC[C@]34CC(=O)N[C@H]1[C@H]2C3=CC[C@@H]1[C@@]2(C)CC[C@H](O[C@@H]3O[C@H](C(=O)O)[C@@H](O)[C@H](O)[C@H]3O)C(C)(C)[C@@H]2CC[C@]14C. The van der Waals surface area contributed by atoms with Crippen molar-refractivity contribution < 1.29 is 49.4 Å². The highest BCUT2D eigenvalue weighted by atomic mass is 16.7. The van der Waals surface area contributed by atoms with Crippen LogP contribution in [-0.2, 0) is 23.9 Å². The minimum Gasteiger partial charge on any atom is -0.481 e. The van der Waals surface area contributed by atoms with Gasteiger partial charge in [-0.25, -0.2) is 4.79 Å². The number of carbonyl (C=O) groups is 3. The number of fused-ring (bicyclic) bond motifs is 3. The molecule has 2 heterocycles. The van der Waals surface area contributed by atoms with Gasteiger partial charge in [0.05, 0.1) is 11.5 Å². The molecule has 2 bridgehead atoms. The zero-order valence-electron chi connectivity index (χ0n) is 29.2. The molecule has 14 atom stereocenters. The maximum absolute atomic E-state index is 14.0. The zero-order chi connectivity index (χ0) is 35.0. The minimum absolute atomic E-state index is 0.0363. The van der Waals surface area contributed by atoms with E-state index in [1.54, 1.807) is 0 Å². The topological polar surface area (TPSA) is 183 Å². The van der Waals surface area contributed by atoms with Crippen LogP contribution in [0.3, 0.4) is 0 Å². The van der Waals surface area contributed by atoms with Crippen LogP contribution in [0.25, 0.3) is 0 Å². The second kappa shape index (κ2) is 10.7. The normalized spacial score (nSPS) is 51.9. The lowest BCUT2D eigenvalue weighted by molar-refractivity contribution is -0.324. The Morgan fingerprint density at radius 3 is 2.23 bits per heavy atom. The van der Waals surface area contributed by atoms with E-state index in [0.717, 1.165) is 32.1 Å². The van der Waals surface area contributed by atoms with Crippen LogP contribution in [-0.4, -0.2) is 86.2 Å². The van der Waals surface area contributed by atoms with Crippen molar-refractivity contribution in [1.82, 2.24) is 5.32 Å². The van der Waals surface area contributed by atoms with Crippen LogP contribution in [0.5, 0.6) is 0 Å². The van der Waals surface area contributed by atoms with Crippen LogP contribution >= 0.6 is 0 Å². The number of hydrogen-bond acceptors (Lipinski definition) is 8. The number of allylic oxidation sites excluding steroid dienone is 1. The lowest BCUT2D eigenvalue weighted by Gasteiger charge is -2.71. The molecule has 0 aromatic rings. The second-order valence-electron chi connectivity index (χ2n) is 18.4. The number of carbonyl (C=O) groups excluding carboxylic acids is 1. The van der Waals surface area contributed by atoms with Gasteiger partial charge in [-0.3, -0.25) is 9.59 Å². The van der Waals surface area contributed by atoms with Crippen molar-refractivity contribution in [2.24, 2.45) is 50.2 Å². The number of carboxylic acids is 2. The number of aliphatic hydroxyl groups excluding tert-OH is 3. The van der Waals surface area contributed by atoms with Crippen molar-refractivity contribution in [3.63, 3.8) is 0 Å². The molecule has 11 nitrogen and oxygen atoms in total. The number of ether oxygens (including phenoxy) is 2. The van der Waals surface area contributed by atoms with Crippen molar-refractivity contribution >= 4 is 17.8 Å². The van der Waals surface area contributed by atoms with Crippen LogP contribution in [0.4, 0.5) is 0 Å². The van der Waals surface area contributed by atoms with Gasteiger partial charge in [0.15, 0.2) is 12.4 Å². The summed E-state index contributed by atoms with van der Waals surface area (Å²) in [6, 6.07) is -0.223. The third-order valence-corrected chi connectivity index (χ3v) is 15.8. The first-order chi connectivity index (χ1) is 22.3. The summed E-state index contributed by atoms with van der Waals surface area (Å²) < 4.78 is 11.9. The van der Waals surface area contributed by atoms with Gasteiger partial charge < -0.3 is 40.3 Å². The van der Waals surface area contributed by atoms with E-state index in [2.05, 4.69) is 52.9 Å². The number of amides is 1. The molecule has 0 radical (unpaired) electrons. The molecule has 48 heavy (non-hydrogen) atoms. The van der Waals surface area contributed by atoms with Gasteiger partial charge in [-0.1, -0.05) is 53.2 Å². The first-order valence-electron chi connectivity index (χ1n) is 18.1. The van der Waals surface area contributed by atoms with E-state index in [-0.39, 0.29) is 45.9 Å². The summed E-state index contributed by atoms with van der Waals surface area (Å²) in [6.45, 7) is 13.5. The van der Waals surface area contributed by atoms with Gasteiger partial charge in [-0.2, -0.15) is 0 Å². The Kier molecular flexibility index (Phi) is 7.69. The number of rotatable bonds is 4. The Bertz CT molecular complexity index is 1430. The lowest BCUT2D eigenvalue weighted by Crippen LogP contribution is -2.67. The summed E-state index contributed by atoms with van der Waals surface area (Å²) in [5, 5.41) is 55.1. The Hall–Kier alpha value is -2.05. The Balaban J connectivity index is 1.23. The fraction of sp³-hybridized carbons (Fsp3) is 0.865. The van der Waals surface area contributed by atoms with Crippen molar-refractivity contribution in [3.05, 3.63) is 11.6 Å². The van der Waals surface area contributed by atoms with Gasteiger partial charge in [-0.05, 0) is 91.3 Å². The average molecular weight is 674 g/mol. The van der Waals surface area contributed by atoms with E-state index in [4.69, 9.17) is 9.47 Å². The summed E-state index contributed by atoms with van der Waals surface area (Å²) in [4.78, 5) is 38.9. The van der Waals surface area contributed by atoms with E-state index in [9.17, 15) is 39.9 Å². The molecule has 0 spiro atoms. The third-order valence-electron chi connectivity index (χ3n) is 15.8. The van der Waals surface area contributed by atoms with E-state index in [1.165, 1.54) is 5.57 Å². The largest absolute Gasteiger partial charge is 0.481 e. The molecule has 2 saturated heterocycles. The molecule has 11 heteroatoms. The van der Waals surface area contributed by atoms with Crippen molar-refractivity contribution in [2.45, 2.75) is 149 Å². The molecule has 6 N–H and O–H groups in total. The highest BCUT2D eigenvalue weighted by Crippen LogP contribution is 2.77. The monoisotopic (exact) mass is 673 g/mol. The molecule has 1 amide bonds. The van der Waals surface area contributed by atoms with Gasteiger partial charge in [0.25, 0.3) is 0 Å². The molecule has 268 valence electrons. The molecule has 7 aliphatic rings. The van der Waals surface area contributed by atoms with Crippen molar-refractivity contribution in [2.75, 3.05) is 0 Å². The predicted molar refractivity (Wildman–Crippen MR) is 172 cm³/mol. The van der Waals surface area contributed by atoms with Crippen LogP contribution in [0.1, 0.15) is 106 Å². The Labute approximate surface area is 282 Å². The maximum Gasteiger partial charge on any atom is 0.335 e. The van der Waals surface area contributed by atoms with Crippen LogP contribution in [0, 0.1) is 50.2 Å². The summed E-state index contributed by atoms with van der Waals surface area (Å²) in [6.07, 6.45) is 0.821. The molecule has 0 aromatic carbocycles. The Morgan fingerprint density at radius 2 is 1.56 bits per heavy atom. The maximum atomic E-state index is 14.0. The first kappa shape index (κ1) is 34.4. The number of aliphatic carboxylic acids is 2. The lowest BCUT2D eigenvalue weighted by atomic mass is 9.32. The number of hydrogen-bond donors (Lipinski definition) is 6. The second-order valence-corrected chi connectivity index (χ2v) is 18.4. The molecule has 2 aliphatic heterocycles. The van der Waals surface area contributed by atoms with Crippen LogP contribution in [0.2, 0.25) is 0 Å². The number of carboxylic acid groups (broad SMARTS) is 2. The van der Waals surface area contributed by atoms with Gasteiger partial charge in [0.2, 0.25) is 5.91 Å². The molecule has 5 aliphatic carbocycles. The highest BCUT2D eigenvalue weighted by Gasteiger charge is 2.73. The van der Waals surface area contributed by atoms with E-state index >= 15 is 0 Å². The standard InChI is InChI=1S/C37H55NO10/c1-32(2)13-14-36(31(45)46)15-16-37-17-22(39)38-28(32)23(36)18(37)7-8-20-34(5)11-10-21(33(3,4)19(34)9-12-35(20,37)6)47-30-26(42)24(40)25(41)27(48-30)29(43)44/h7,19-21,23-28,30,40-42H,8-17H2,1-6H3,(H,38,39)(H,43,44)(H,45,46)/t19-,20+,21-,23+,24-,25-,26+,27-,28-,30+,34-,35+,36-,37-/m0/s1. The molecular formula is C37H55NO10. The molecule has 4 saturated carbocycles. The average Bonchev–Trinajstić information content (AvgIpc) is 3.10. The van der Waals surface area contributed by atoms with Crippen molar-refractivity contribution in [1.29, 1.82) is 0 Å². The number of nitrogens with one attached hydrogen (secondary N) is 1. The zero-order valence-corrected chi connectivity index (χ0v) is 29.2. The first-order valence-corrected chi connectivity index (χ1v) is 18.1. The van der Waals surface area contributed by atoms with Gasteiger partial charge in [-0.15, -0.1) is 0 Å². The Morgan fingerprint density at radius 1 is 0.875 bits per heavy atom. The minimum atomic E-state index is -1.78. The van der Waals surface area contributed by atoms with E-state index in [1.807, 2.05) is 0 Å². The molecule has 0 aromatic heterocycles. The van der Waals surface area contributed by atoms with Gasteiger partial charge in [0, 0.05) is 23.8 Å². The predicted octanol–water partition coefficient (Wildman–Crippen LogP) is 3.63. The molecule has 6 fully saturated rings. The van der Waals surface area contributed by atoms with Gasteiger partial charge in [0.1, 0.15) is 18.3 Å². The fourth-order valence-electron chi connectivity index (χ4n) is 13.2. The quantitative estimate of drug-likeness (QED) is 0.190. The highest BCUT2D eigenvalue weighted by molar-refractivity contribution is 5.82. The molecule has 7 rings (SSSR count). The van der Waals surface area contributed by atoms with Crippen LogP contribution < -0.4 is 5.32 Å². The fourth-order valence-corrected chi connectivity index (χ4v) is 13.2. The van der Waals surface area contributed by atoms with Crippen LogP contribution in [0.15, 0.2) is 11.6 Å². The molecule has 0 unspecified atom stereocenters. The summed E-state index contributed by atoms with van der Waals surface area (Å²) in [7, 11) is 0. The van der Waals surface area contributed by atoms with E-state index in [0.29, 0.717) is 32.1 Å². The molecular weight excluding hydrogens is 618 g/mol. The summed E-state index contributed by atoms with van der Waals surface area (Å²) >= 11 is 0.